The summed E-state index contributed by atoms with van der Waals surface area (Å²) in [5.74, 6) is -0.204. The first kappa shape index (κ1) is 20.2. The maximum atomic E-state index is 12.8. The van der Waals surface area contributed by atoms with Gasteiger partial charge in [0.05, 0.1) is 12.8 Å². The normalized spacial score (nSPS) is 15.1. The molecule has 146 valence electrons. The standard InChI is InChI=1S/C21H22IN3O3/c1-4-24(5-2)17-9-6-14(19(13-17)28-3)12-18-20(26)23-25(21(18)27)16-10-7-15(22)8-11-16/h6-13H,4-5H2,1-3H3,(H,23,26). The van der Waals surface area contributed by atoms with Gasteiger partial charge in [0.15, 0.2) is 0 Å². The quantitative estimate of drug-likeness (QED) is 0.381. The minimum Gasteiger partial charge on any atom is -0.496 e. The molecule has 1 aliphatic heterocycles. The van der Waals surface area contributed by atoms with Crippen LogP contribution in [0, 0.1) is 3.57 Å². The van der Waals surface area contributed by atoms with E-state index in [2.05, 4.69) is 46.8 Å². The molecule has 28 heavy (non-hydrogen) atoms. The molecule has 2 amide bonds. The van der Waals surface area contributed by atoms with Crippen LogP contribution in [0.25, 0.3) is 6.08 Å². The predicted molar refractivity (Wildman–Crippen MR) is 119 cm³/mol. The van der Waals surface area contributed by atoms with Crippen LogP contribution in [0.1, 0.15) is 19.4 Å². The second-order valence-corrected chi connectivity index (χ2v) is 7.46. The Labute approximate surface area is 178 Å². The number of rotatable bonds is 6. The number of hydrogen-bond acceptors (Lipinski definition) is 4. The predicted octanol–water partition coefficient (Wildman–Crippen LogP) is 3.61. The molecule has 1 fully saturated rings. The maximum Gasteiger partial charge on any atom is 0.282 e. The molecule has 0 radical (unpaired) electrons. The van der Waals surface area contributed by atoms with Crippen molar-refractivity contribution < 1.29 is 14.3 Å². The number of methoxy groups -OCH3 is 1. The molecule has 6 nitrogen and oxygen atoms in total. The van der Waals surface area contributed by atoms with E-state index >= 15 is 0 Å². The number of hydrogen-bond donors (Lipinski definition) is 1. The van der Waals surface area contributed by atoms with Gasteiger partial charge in [-0.2, -0.15) is 0 Å². The molecule has 1 aliphatic rings. The van der Waals surface area contributed by atoms with Gasteiger partial charge in [-0.05, 0) is 78.9 Å². The van der Waals surface area contributed by atoms with Crippen molar-refractivity contribution in [1.82, 2.24) is 5.43 Å². The zero-order valence-corrected chi connectivity index (χ0v) is 18.2. The van der Waals surface area contributed by atoms with Crippen molar-refractivity contribution in [1.29, 1.82) is 0 Å². The molecule has 1 saturated heterocycles. The van der Waals surface area contributed by atoms with E-state index in [0.717, 1.165) is 22.3 Å². The largest absolute Gasteiger partial charge is 0.496 e. The van der Waals surface area contributed by atoms with E-state index in [4.69, 9.17) is 4.74 Å². The van der Waals surface area contributed by atoms with Crippen LogP contribution in [0.5, 0.6) is 5.75 Å². The lowest BCUT2D eigenvalue weighted by molar-refractivity contribution is -0.117. The molecule has 0 aliphatic carbocycles. The number of nitrogens with one attached hydrogen (secondary N) is 1. The highest BCUT2D eigenvalue weighted by atomic mass is 127. The van der Waals surface area contributed by atoms with Crippen LogP contribution in [0.3, 0.4) is 0 Å². The average Bonchev–Trinajstić information content (AvgIpc) is 2.98. The van der Waals surface area contributed by atoms with Gasteiger partial charge >= 0.3 is 0 Å². The second-order valence-electron chi connectivity index (χ2n) is 6.21. The number of nitrogens with zero attached hydrogens (tertiary/aromatic N) is 2. The van der Waals surface area contributed by atoms with Crippen molar-refractivity contribution in [2.75, 3.05) is 30.1 Å². The topological polar surface area (TPSA) is 61.9 Å². The maximum absolute atomic E-state index is 12.8. The highest BCUT2D eigenvalue weighted by Crippen LogP contribution is 2.29. The minimum absolute atomic E-state index is 0.0763. The number of halogens is 1. The summed E-state index contributed by atoms with van der Waals surface area (Å²) >= 11 is 2.19. The molecule has 0 bridgehead atoms. The molecule has 0 atom stereocenters. The zero-order chi connectivity index (χ0) is 20.3. The molecule has 0 unspecified atom stereocenters. The van der Waals surface area contributed by atoms with Crippen LogP contribution < -0.4 is 20.1 Å². The van der Waals surface area contributed by atoms with Crippen LogP contribution in [0.4, 0.5) is 11.4 Å². The van der Waals surface area contributed by atoms with Crippen LogP contribution in [-0.4, -0.2) is 32.0 Å². The van der Waals surface area contributed by atoms with Gasteiger partial charge in [0.1, 0.15) is 11.3 Å². The average molecular weight is 491 g/mol. The molecule has 3 rings (SSSR count). The Balaban J connectivity index is 1.93. The summed E-state index contributed by atoms with van der Waals surface area (Å²) < 4.78 is 6.55. The van der Waals surface area contributed by atoms with Gasteiger partial charge < -0.3 is 9.64 Å². The Hall–Kier alpha value is -2.55. The number of anilines is 2. The van der Waals surface area contributed by atoms with Gasteiger partial charge in [0, 0.05) is 34.0 Å². The van der Waals surface area contributed by atoms with Crippen molar-refractivity contribution in [3.05, 3.63) is 57.2 Å². The first-order chi connectivity index (χ1) is 13.5. The smallest absolute Gasteiger partial charge is 0.282 e. The second kappa shape index (κ2) is 8.64. The Bertz CT molecular complexity index is 921. The molecular formula is C21H22IN3O3. The van der Waals surface area contributed by atoms with Crippen LogP contribution in [-0.2, 0) is 9.59 Å². The number of carbonyl (C=O) groups excluding carboxylic acids is 2. The number of carbonyl (C=O) groups is 2. The third-order valence-corrected chi connectivity index (χ3v) is 5.34. The number of ether oxygens (including phenoxy) is 1. The highest BCUT2D eigenvalue weighted by molar-refractivity contribution is 14.1. The fourth-order valence-electron chi connectivity index (χ4n) is 3.09. The molecule has 2 aromatic rings. The fourth-order valence-corrected chi connectivity index (χ4v) is 3.45. The fraction of sp³-hybridized carbons (Fsp3) is 0.238. The molecule has 1 heterocycles. The minimum atomic E-state index is -0.432. The lowest BCUT2D eigenvalue weighted by Crippen LogP contribution is -2.35. The number of amides is 2. The first-order valence-corrected chi connectivity index (χ1v) is 10.1. The molecular weight excluding hydrogens is 469 g/mol. The summed E-state index contributed by atoms with van der Waals surface area (Å²) in [6, 6.07) is 13.1. The summed E-state index contributed by atoms with van der Waals surface area (Å²) in [6.07, 6.45) is 1.58. The van der Waals surface area contributed by atoms with E-state index in [1.165, 1.54) is 5.01 Å². The van der Waals surface area contributed by atoms with E-state index < -0.39 is 5.91 Å². The van der Waals surface area contributed by atoms with Crippen molar-refractivity contribution in [3.8, 4) is 5.75 Å². The van der Waals surface area contributed by atoms with Gasteiger partial charge in [0.2, 0.25) is 0 Å². The van der Waals surface area contributed by atoms with E-state index in [9.17, 15) is 9.59 Å². The first-order valence-electron chi connectivity index (χ1n) is 9.04. The van der Waals surface area contributed by atoms with E-state index in [-0.39, 0.29) is 11.5 Å². The third-order valence-electron chi connectivity index (χ3n) is 4.62. The molecule has 1 N–H and O–H groups in total. The van der Waals surface area contributed by atoms with Crippen LogP contribution in [0.15, 0.2) is 48.0 Å². The van der Waals surface area contributed by atoms with E-state index in [1.54, 1.807) is 25.3 Å². The van der Waals surface area contributed by atoms with Crippen molar-refractivity contribution in [2.45, 2.75) is 13.8 Å². The van der Waals surface area contributed by atoms with Crippen molar-refractivity contribution in [3.63, 3.8) is 0 Å². The highest BCUT2D eigenvalue weighted by Gasteiger charge is 2.34. The molecule has 0 spiro atoms. The van der Waals surface area contributed by atoms with Crippen molar-refractivity contribution in [2.24, 2.45) is 0 Å². The Morgan fingerprint density at radius 1 is 1.11 bits per heavy atom. The summed E-state index contributed by atoms with van der Waals surface area (Å²) in [4.78, 5) is 27.4. The number of benzene rings is 2. The van der Waals surface area contributed by atoms with E-state index in [1.807, 2.05) is 30.3 Å². The zero-order valence-electron chi connectivity index (χ0n) is 16.0. The number of hydrazine groups is 1. The van der Waals surface area contributed by atoms with Crippen LogP contribution in [0.2, 0.25) is 0 Å². The van der Waals surface area contributed by atoms with Gasteiger partial charge in [-0.3, -0.25) is 15.0 Å². The van der Waals surface area contributed by atoms with Crippen LogP contribution >= 0.6 is 22.6 Å². The Kier molecular flexibility index (Phi) is 6.23. The van der Waals surface area contributed by atoms with Gasteiger partial charge in [-0.1, -0.05) is 0 Å². The third kappa shape index (κ3) is 3.99. The SMILES string of the molecule is CCN(CC)c1ccc(C=C2C(=O)NN(c3ccc(I)cc3)C2=O)c(OC)c1. The monoisotopic (exact) mass is 491 g/mol. The lowest BCUT2D eigenvalue weighted by Gasteiger charge is -2.22. The van der Waals surface area contributed by atoms with Gasteiger partial charge in [-0.15, -0.1) is 0 Å². The molecule has 2 aromatic carbocycles. The van der Waals surface area contributed by atoms with Gasteiger partial charge in [0.25, 0.3) is 11.8 Å². The lowest BCUT2D eigenvalue weighted by atomic mass is 10.1. The summed E-state index contributed by atoms with van der Waals surface area (Å²) in [7, 11) is 1.58. The Morgan fingerprint density at radius 2 is 1.79 bits per heavy atom. The molecule has 0 saturated carbocycles. The summed E-state index contributed by atoms with van der Waals surface area (Å²) in [5.41, 5.74) is 5.03. The summed E-state index contributed by atoms with van der Waals surface area (Å²) in [6.45, 7) is 5.94. The van der Waals surface area contributed by atoms with Gasteiger partial charge in [-0.25, -0.2) is 5.01 Å². The summed E-state index contributed by atoms with van der Waals surface area (Å²) in [5, 5.41) is 1.26. The van der Waals surface area contributed by atoms with Crippen molar-refractivity contribution >= 4 is 51.9 Å². The molecule has 7 heteroatoms. The molecule has 0 aromatic heterocycles. The van der Waals surface area contributed by atoms with E-state index in [0.29, 0.717) is 17.0 Å². The Morgan fingerprint density at radius 3 is 2.39 bits per heavy atom.